The molecule has 0 spiro atoms. The maximum absolute atomic E-state index is 5.94. The first kappa shape index (κ1) is 10.5. The SMILES string of the molecule is CCCCc1cc(N)n(CC2CCC2)n1. The summed E-state index contributed by atoms with van der Waals surface area (Å²) in [6.07, 6.45) is 7.58. The molecule has 1 aliphatic rings. The number of nitrogen functional groups attached to an aromatic ring is 1. The summed E-state index contributed by atoms with van der Waals surface area (Å²) in [5.74, 6) is 1.67. The molecule has 1 aromatic rings. The van der Waals surface area contributed by atoms with Gasteiger partial charge in [-0.2, -0.15) is 5.10 Å². The molecule has 0 amide bonds. The molecule has 1 fully saturated rings. The maximum Gasteiger partial charge on any atom is 0.121 e. The van der Waals surface area contributed by atoms with Gasteiger partial charge in [-0.3, -0.25) is 0 Å². The molecule has 3 nitrogen and oxygen atoms in total. The van der Waals surface area contributed by atoms with Crippen molar-refractivity contribution < 1.29 is 0 Å². The van der Waals surface area contributed by atoms with E-state index in [1.165, 1.54) is 32.1 Å². The Hall–Kier alpha value is -0.990. The molecule has 1 aliphatic carbocycles. The third-order valence-corrected chi connectivity index (χ3v) is 3.30. The van der Waals surface area contributed by atoms with Gasteiger partial charge in [-0.05, 0) is 31.6 Å². The largest absolute Gasteiger partial charge is 0.384 e. The van der Waals surface area contributed by atoms with Gasteiger partial charge < -0.3 is 5.73 Å². The second-order valence-electron chi connectivity index (χ2n) is 4.64. The molecule has 15 heavy (non-hydrogen) atoms. The number of unbranched alkanes of at least 4 members (excludes halogenated alkanes) is 1. The number of aromatic nitrogens is 2. The van der Waals surface area contributed by atoms with E-state index in [2.05, 4.69) is 12.0 Å². The normalized spacial score (nSPS) is 16.6. The molecule has 1 heterocycles. The van der Waals surface area contributed by atoms with Crippen molar-refractivity contribution in [2.75, 3.05) is 5.73 Å². The first-order valence-electron chi connectivity index (χ1n) is 6.11. The Bertz CT molecular complexity index is 313. The molecular weight excluding hydrogens is 186 g/mol. The molecule has 84 valence electrons. The van der Waals surface area contributed by atoms with Crippen molar-refractivity contribution in [1.82, 2.24) is 9.78 Å². The lowest BCUT2D eigenvalue weighted by molar-refractivity contribution is 0.267. The monoisotopic (exact) mass is 207 g/mol. The van der Waals surface area contributed by atoms with E-state index >= 15 is 0 Å². The van der Waals surface area contributed by atoms with Gasteiger partial charge in [0, 0.05) is 12.6 Å². The molecule has 0 radical (unpaired) electrons. The smallest absolute Gasteiger partial charge is 0.121 e. The van der Waals surface area contributed by atoms with Crippen LogP contribution in [0.4, 0.5) is 5.82 Å². The molecule has 3 heteroatoms. The number of hydrogen-bond acceptors (Lipinski definition) is 2. The predicted molar refractivity (Wildman–Crippen MR) is 62.6 cm³/mol. The molecule has 2 rings (SSSR count). The van der Waals surface area contributed by atoms with Crippen LogP contribution in [0.3, 0.4) is 0 Å². The van der Waals surface area contributed by atoms with E-state index in [4.69, 9.17) is 5.73 Å². The van der Waals surface area contributed by atoms with Crippen LogP contribution in [0.2, 0.25) is 0 Å². The zero-order chi connectivity index (χ0) is 10.7. The Labute approximate surface area is 91.7 Å². The van der Waals surface area contributed by atoms with Crippen LogP contribution in [0.25, 0.3) is 0 Å². The van der Waals surface area contributed by atoms with Gasteiger partial charge in [0.05, 0.1) is 5.69 Å². The topological polar surface area (TPSA) is 43.8 Å². The fraction of sp³-hybridized carbons (Fsp3) is 0.750. The minimum Gasteiger partial charge on any atom is -0.384 e. The summed E-state index contributed by atoms with van der Waals surface area (Å²) in [5.41, 5.74) is 7.10. The highest BCUT2D eigenvalue weighted by molar-refractivity contribution is 5.30. The highest BCUT2D eigenvalue weighted by Gasteiger charge is 2.19. The minimum absolute atomic E-state index is 0.825. The van der Waals surface area contributed by atoms with Crippen LogP contribution in [-0.2, 0) is 13.0 Å². The molecule has 0 aromatic carbocycles. The first-order chi connectivity index (χ1) is 7.29. The maximum atomic E-state index is 5.94. The van der Waals surface area contributed by atoms with Crippen LogP contribution in [-0.4, -0.2) is 9.78 Å². The Morgan fingerprint density at radius 1 is 1.53 bits per heavy atom. The lowest BCUT2D eigenvalue weighted by Gasteiger charge is -2.25. The fourth-order valence-corrected chi connectivity index (χ4v) is 2.03. The van der Waals surface area contributed by atoms with Crippen molar-refractivity contribution in [2.24, 2.45) is 5.92 Å². The molecule has 0 aliphatic heterocycles. The second kappa shape index (κ2) is 4.69. The van der Waals surface area contributed by atoms with E-state index in [0.29, 0.717) is 0 Å². The van der Waals surface area contributed by atoms with Gasteiger partial charge in [-0.15, -0.1) is 0 Å². The summed E-state index contributed by atoms with van der Waals surface area (Å²) in [6.45, 7) is 3.23. The summed E-state index contributed by atoms with van der Waals surface area (Å²) < 4.78 is 1.99. The molecule has 0 saturated heterocycles. The number of nitrogens with two attached hydrogens (primary N) is 1. The van der Waals surface area contributed by atoms with Crippen LogP contribution < -0.4 is 5.73 Å². The Morgan fingerprint density at radius 3 is 2.93 bits per heavy atom. The van der Waals surface area contributed by atoms with Gasteiger partial charge in [0.1, 0.15) is 5.82 Å². The zero-order valence-electron chi connectivity index (χ0n) is 9.58. The number of nitrogens with zero attached hydrogens (tertiary/aromatic N) is 2. The van der Waals surface area contributed by atoms with E-state index in [-0.39, 0.29) is 0 Å². The molecule has 0 atom stereocenters. The minimum atomic E-state index is 0.825. The van der Waals surface area contributed by atoms with Gasteiger partial charge >= 0.3 is 0 Å². The summed E-state index contributed by atoms with van der Waals surface area (Å²) >= 11 is 0. The van der Waals surface area contributed by atoms with E-state index in [9.17, 15) is 0 Å². The second-order valence-corrected chi connectivity index (χ2v) is 4.64. The average Bonchev–Trinajstić information content (AvgIpc) is 2.50. The number of rotatable bonds is 5. The van der Waals surface area contributed by atoms with Crippen LogP contribution in [0, 0.1) is 5.92 Å². The zero-order valence-corrected chi connectivity index (χ0v) is 9.58. The highest BCUT2D eigenvalue weighted by Crippen LogP contribution is 2.28. The van der Waals surface area contributed by atoms with Crippen molar-refractivity contribution in [3.05, 3.63) is 11.8 Å². The van der Waals surface area contributed by atoms with Gasteiger partial charge in [0.25, 0.3) is 0 Å². The number of aryl methyl sites for hydroxylation is 1. The lowest BCUT2D eigenvalue weighted by atomic mass is 9.85. The van der Waals surface area contributed by atoms with Gasteiger partial charge in [0.2, 0.25) is 0 Å². The Kier molecular flexibility index (Phi) is 3.29. The standard InChI is InChI=1S/C12H21N3/c1-2-3-7-11-8-12(13)15(14-11)9-10-5-4-6-10/h8,10H,2-7,9,13H2,1H3. The third-order valence-electron chi connectivity index (χ3n) is 3.30. The van der Waals surface area contributed by atoms with E-state index < -0.39 is 0 Å². The molecular formula is C12H21N3. The summed E-state index contributed by atoms with van der Waals surface area (Å²) in [6, 6.07) is 2.04. The first-order valence-corrected chi connectivity index (χ1v) is 6.11. The van der Waals surface area contributed by atoms with Crippen LogP contribution in [0.5, 0.6) is 0 Å². The molecule has 1 aromatic heterocycles. The van der Waals surface area contributed by atoms with Crippen molar-refractivity contribution >= 4 is 5.82 Å². The quantitative estimate of drug-likeness (QED) is 0.806. The van der Waals surface area contributed by atoms with E-state index in [0.717, 1.165) is 30.4 Å². The van der Waals surface area contributed by atoms with Crippen molar-refractivity contribution in [3.8, 4) is 0 Å². The lowest BCUT2D eigenvalue weighted by Crippen LogP contribution is -2.19. The Morgan fingerprint density at radius 2 is 2.33 bits per heavy atom. The highest BCUT2D eigenvalue weighted by atomic mass is 15.3. The summed E-state index contributed by atoms with van der Waals surface area (Å²) in [4.78, 5) is 0. The molecule has 2 N–H and O–H groups in total. The van der Waals surface area contributed by atoms with E-state index in [1.807, 2.05) is 10.7 Å². The van der Waals surface area contributed by atoms with Crippen molar-refractivity contribution in [2.45, 2.75) is 52.0 Å². The molecule has 0 unspecified atom stereocenters. The Balaban J connectivity index is 1.94. The van der Waals surface area contributed by atoms with Gasteiger partial charge in [-0.1, -0.05) is 19.8 Å². The average molecular weight is 207 g/mol. The van der Waals surface area contributed by atoms with E-state index in [1.54, 1.807) is 0 Å². The van der Waals surface area contributed by atoms with Crippen molar-refractivity contribution in [3.63, 3.8) is 0 Å². The predicted octanol–water partition coefficient (Wildman–Crippen LogP) is 2.61. The molecule has 1 saturated carbocycles. The third kappa shape index (κ3) is 2.52. The number of anilines is 1. The van der Waals surface area contributed by atoms with Crippen LogP contribution in [0.1, 0.15) is 44.7 Å². The van der Waals surface area contributed by atoms with Crippen LogP contribution in [0.15, 0.2) is 6.07 Å². The van der Waals surface area contributed by atoms with Gasteiger partial charge in [-0.25, -0.2) is 4.68 Å². The fourth-order valence-electron chi connectivity index (χ4n) is 2.03. The summed E-state index contributed by atoms with van der Waals surface area (Å²) in [5, 5.41) is 4.56. The van der Waals surface area contributed by atoms with Gasteiger partial charge in [0.15, 0.2) is 0 Å². The molecule has 0 bridgehead atoms. The van der Waals surface area contributed by atoms with Crippen LogP contribution >= 0.6 is 0 Å². The number of hydrogen-bond donors (Lipinski definition) is 1. The summed E-state index contributed by atoms with van der Waals surface area (Å²) in [7, 11) is 0. The van der Waals surface area contributed by atoms with Crippen molar-refractivity contribution in [1.29, 1.82) is 0 Å².